The van der Waals surface area contributed by atoms with Crippen LogP contribution in [0, 0.1) is 0 Å². The van der Waals surface area contributed by atoms with Crippen LogP contribution in [0.4, 0.5) is 0 Å². The number of aliphatic carboxylic acids is 1. The van der Waals surface area contributed by atoms with Crippen LogP contribution in [0.1, 0.15) is 0 Å². The Hall–Kier alpha value is -0.725. The molecule has 0 aliphatic heterocycles. The van der Waals surface area contributed by atoms with E-state index in [1.54, 1.807) is 0 Å². The van der Waals surface area contributed by atoms with Crippen LogP contribution in [0.2, 0.25) is 0 Å². The van der Waals surface area contributed by atoms with E-state index in [9.17, 15) is 4.79 Å². The van der Waals surface area contributed by atoms with Gasteiger partial charge in [0.25, 0.3) is 0 Å². The van der Waals surface area contributed by atoms with Crippen molar-refractivity contribution in [1.29, 1.82) is 0 Å². The number of hydrogen-bond donors (Lipinski definition) is 1. The summed E-state index contributed by atoms with van der Waals surface area (Å²) >= 11 is 0. The molecule has 0 aliphatic carbocycles. The monoisotopic (exact) mass is 86.1 g/mol. The Balaban J connectivity index is 0. The lowest BCUT2D eigenvalue weighted by Gasteiger charge is -1.64. The zero-order valence-corrected chi connectivity index (χ0v) is 2.64. The molecule has 2 nitrogen and oxygen atoms in total. The predicted octanol–water partition coefficient (Wildman–Crippen LogP) is -0.927. The standard InChI is InChI=1S/C3H4O2.BH3/c1-2-3(4)5;/h2H,1H2,(H,4,5);1H3. The molecule has 0 aliphatic rings. The zero-order chi connectivity index (χ0) is 4.28. The molecule has 0 radical (unpaired) electrons. The van der Waals surface area contributed by atoms with Gasteiger partial charge in [-0.3, -0.25) is 0 Å². The van der Waals surface area contributed by atoms with Crippen molar-refractivity contribution >= 4 is 14.4 Å². The summed E-state index contributed by atoms with van der Waals surface area (Å²) in [7, 11) is 0. The van der Waals surface area contributed by atoms with Crippen LogP contribution in [0.15, 0.2) is 12.7 Å². The molecule has 0 saturated heterocycles. The van der Waals surface area contributed by atoms with E-state index in [0.29, 0.717) is 0 Å². The van der Waals surface area contributed by atoms with Gasteiger partial charge in [-0.05, 0) is 0 Å². The van der Waals surface area contributed by atoms with E-state index in [2.05, 4.69) is 6.58 Å². The van der Waals surface area contributed by atoms with Gasteiger partial charge in [-0.25, -0.2) is 4.79 Å². The van der Waals surface area contributed by atoms with Gasteiger partial charge in [0, 0.05) is 6.08 Å². The molecule has 0 heterocycles. The summed E-state index contributed by atoms with van der Waals surface area (Å²) in [5, 5.41) is 7.60. The first-order valence-corrected chi connectivity index (χ1v) is 1.12. The molecule has 0 fully saturated rings. The Morgan fingerprint density at radius 3 is 2.00 bits per heavy atom. The van der Waals surface area contributed by atoms with Crippen molar-refractivity contribution in [3.05, 3.63) is 12.7 Å². The lowest BCUT2D eigenvalue weighted by Crippen LogP contribution is -1.82. The highest BCUT2D eigenvalue weighted by Gasteiger charge is 1.73. The summed E-state index contributed by atoms with van der Waals surface area (Å²) in [5.41, 5.74) is 0. The molecule has 0 aromatic heterocycles. The quantitative estimate of drug-likeness (QED) is 0.330. The highest BCUT2D eigenvalue weighted by atomic mass is 16.4. The van der Waals surface area contributed by atoms with Crippen LogP contribution in [0.3, 0.4) is 0 Å². The normalized spacial score (nSPS) is 5.33. The minimum atomic E-state index is -0.981. The third kappa shape index (κ3) is 10.4. The molecular weight excluding hydrogens is 78.8 g/mol. The second-order valence-corrected chi connectivity index (χ2v) is 0.542. The predicted molar refractivity (Wildman–Crippen MR) is 27.8 cm³/mol. The van der Waals surface area contributed by atoms with Gasteiger partial charge >= 0.3 is 5.97 Å². The molecular formula is C3H7BO2. The second-order valence-electron chi connectivity index (χ2n) is 0.542. The molecule has 1 N–H and O–H groups in total. The minimum Gasteiger partial charge on any atom is -0.478 e. The third-order valence-electron chi connectivity index (χ3n) is 0.175. The molecule has 0 spiro atoms. The maximum atomic E-state index is 9.25. The second kappa shape index (κ2) is 4.27. The van der Waals surface area contributed by atoms with Crippen LogP contribution in [-0.2, 0) is 4.79 Å². The highest BCUT2D eigenvalue weighted by molar-refractivity contribution is 5.78. The van der Waals surface area contributed by atoms with E-state index in [1.165, 1.54) is 0 Å². The van der Waals surface area contributed by atoms with Crippen LogP contribution in [0.25, 0.3) is 0 Å². The molecule has 0 saturated carbocycles. The summed E-state index contributed by atoms with van der Waals surface area (Å²) in [6, 6.07) is 0. The lowest BCUT2D eigenvalue weighted by molar-refractivity contribution is -0.131. The van der Waals surface area contributed by atoms with Crippen LogP contribution in [-0.4, -0.2) is 19.5 Å². The number of rotatable bonds is 1. The van der Waals surface area contributed by atoms with Gasteiger partial charge in [-0.1, -0.05) is 6.58 Å². The fourth-order valence-electron chi connectivity index (χ4n) is 0. The van der Waals surface area contributed by atoms with Crippen molar-refractivity contribution in [3.8, 4) is 0 Å². The molecule has 3 heteroatoms. The van der Waals surface area contributed by atoms with Gasteiger partial charge in [0.05, 0.1) is 8.41 Å². The van der Waals surface area contributed by atoms with Gasteiger partial charge in [0.2, 0.25) is 0 Å². The minimum absolute atomic E-state index is 0. The van der Waals surface area contributed by atoms with E-state index in [4.69, 9.17) is 5.11 Å². The Morgan fingerprint density at radius 1 is 1.83 bits per heavy atom. The van der Waals surface area contributed by atoms with E-state index in [1.807, 2.05) is 0 Å². The lowest BCUT2D eigenvalue weighted by atomic mass is 10.7. The zero-order valence-electron chi connectivity index (χ0n) is 2.64. The van der Waals surface area contributed by atoms with Crippen molar-refractivity contribution < 1.29 is 9.90 Å². The number of carboxylic acid groups (broad SMARTS) is 1. The SMILES string of the molecule is B.C=CC(=O)O. The summed E-state index contributed by atoms with van der Waals surface area (Å²) < 4.78 is 0. The molecule has 0 aromatic carbocycles. The Bertz CT molecular complexity index is 59.8. The summed E-state index contributed by atoms with van der Waals surface area (Å²) in [5.74, 6) is -0.981. The smallest absolute Gasteiger partial charge is 0.327 e. The van der Waals surface area contributed by atoms with Crippen molar-refractivity contribution in [3.63, 3.8) is 0 Å². The molecule has 0 rings (SSSR count). The van der Waals surface area contributed by atoms with Gasteiger partial charge in [-0.15, -0.1) is 0 Å². The van der Waals surface area contributed by atoms with Gasteiger partial charge in [0.1, 0.15) is 0 Å². The summed E-state index contributed by atoms with van der Waals surface area (Å²) in [6.45, 7) is 2.96. The van der Waals surface area contributed by atoms with Crippen LogP contribution < -0.4 is 0 Å². The maximum Gasteiger partial charge on any atom is 0.327 e. The topological polar surface area (TPSA) is 37.3 Å². The van der Waals surface area contributed by atoms with E-state index < -0.39 is 5.97 Å². The molecule has 0 aromatic rings. The van der Waals surface area contributed by atoms with E-state index in [0.717, 1.165) is 6.08 Å². The van der Waals surface area contributed by atoms with Crippen LogP contribution >= 0.6 is 0 Å². The van der Waals surface area contributed by atoms with Crippen molar-refractivity contribution in [1.82, 2.24) is 0 Å². The van der Waals surface area contributed by atoms with Gasteiger partial charge in [0.15, 0.2) is 0 Å². The average Bonchev–Trinajstić information content (AvgIpc) is 1.38. The van der Waals surface area contributed by atoms with Gasteiger partial charge in [-0.2, -0.15) is 0 Å². The first-order chi connectivity index (χ1) is 2.27. The maximum absolute atomic E-state index is 9.25. The van der Waals surface area contributed by atoms with Crippen molar-refractivity contribution in [2.75, 3.05) is 0 Å². The van der Waals surface area contributed by atoms with Crippen molar-refractivity contribution in [2.24, 2.45) is 0 Å². The summed E-state index contributed by atoms with van der Waals surface area (Å²) in [4.78, 5) is 9.25. The third-order valence-corrected chi connectivity index (χ3v) is 0.175. The fourth-order valence-corrected chi connectivity index (χ4v) is 0. The van der Waals surface area contributed by atoms with E-state index >= 15 is 0 Å². The fraction of sp³-hybridized carbons (Fsp3) is 0. The van der Waals surface area contributed by atoms with Crippen LogP contribution in [0.5, 0.6) is 0 Å². The first kappa shape index (κ1) is 8.99. The highest BCUT2D eigenvalue weighted by Crippen LogP contribution is 1.54. The molecule has 0 unspecified atom stereocenters. The molecule has 0 atom stereocenters. The molecule has 6 heavy (non-hydrogen) atoms. The largest absolute Gasteiger partial charge is 0.478 e. The number of carboxylic acids is 1. The Morgan fingerprint density at radius 2 is 2.00 bits per heavy atom. The summed E-state index contributed by atoms with van der Waals surface area (Å²) in [6.07, 6.45) is 0.833. The number of hydrogen-bond acceptors (Lipinski definition) is 1. The number of carbonyl (C=O) groups is 1. The molecule has 0 bridgehead atoms. The average molecular weight is 85.9 g/mol. The molecule has 0 amide bonds. The van der Waals surface area contributed by atoms with E-state index in [-0.39, 0.29) is 8.41 Å². The van der Waals surface area contributed by atoms with Crippen molar-refractivity contribution in [2.45, 2.75) is 0 Å². The van der Waals surface area contributed by atoms with Gasteiger partial charge < -0.3 is 5.11 Å². The Labute approximate surface area is 38.1 Å². The molecule has 34 valence electrons. The first-order valence-electron chi connectivity index (χ1n) is 1.12. The Kier molecular flexibility index (Phi) is 6.40.